The molecule has 0 saturated carbocycles. The van der Waals surface area contributed by atoms with Crippen LogP contribution in [0.25, 0.3) is 11.2 Å². The third kappa shape index (κ3) is 4.01. The van der Waals surface area contributed by atoms with Gasteiger partial charge in [-0.3, -0.25) is 4.57 Å². The quantitative estimate of drug-likeness (QED) is 0.524. The van der Waals surface area contributed by atoms with Gasteiger partial charge in [0.05, 0.1) is 19.1 Å². The molecular formula is C16H26N4O6PSi+. The second-order valence-electron chi connectivity index (χ2n) is 8.28. The minimum Gasteiger partial charge on any atom is -0.406 e. The average Bonchev–Trinajstić information content (AvgIpc) is 3.15. The van der Waals surface area contributed by atoms with E-state index in [2.05, 4.69) is 48.8 Å². The summed E-state index contributed by atoms with van der Waals surface area (Å²) in [4.78, 5) is 21.9. The maximum Gasteiger partial charge on any atom is 0.695 e. The highest BCUT2D eigenvalue weighted by Gasteiger charge is 2.54. The Balaban J connectivity index is 2.04. The van der Waals surface area contributed by atoms with Crippen molar-refractivity contribution in [1.82, 2.24) is 19.5 Å². The van der Waals surface area contributed by atoms with Crippen molar-refractivity contribution in [3.05, 3.63) is 18.9 Å². The summed E-state index contributed by atoms with van der Waals surface area (Å²) in [5.74, 6) is 0. The molecule has 1 unspecified atom stereocenters. The number of hydrogen-bond donors (Lipinski definition) is 2. The highest BCUT2D eigenvalue weighted by Crippen LogP contribution is 2.44. The molecule has 28 heavy (non-hydrogen) atoms. The first-order valence-electron chi connectivity index (χ1n) is 8.95. The van der Waals surface area contributed by atoms with Gasteiger partial charge in [0.25, 0.3) is 0 Å². The number of imidazole rings is 1. The number of aromatic nitrogens is 4. The summed E-state index contributed by atoms with van der Waals surface area (Å²) in [5.41, 5.74) is 1.12. The van der Waals surface area contributed by atoms with Crippen LogP contribution in [0, 0.1) is 0 Å². The van der Waals surface area contributed by atoms with Crippen molar-refractivity contribution in [2.24, 2.45) is 0 Å². The Labute approximate surface area is 165 Å². The third-order valence-electron chi connectivity index (χ3n) is 5.43. The van der Waals surface area contributed by atoms with Crippen molar-refractivity contribution >= 4 is 27.7 Å². The number of rotatable bonds is 6. The molecule has 1 aliphatic rings. The molecule has 1 fully saturated rings. The summed E-state index contributed by atoms with van der Waals surface area (Å²) >= 11 is 0. The van der Waals surface area contributed by atoms with Crippen LogP contribution in [-0.4, -0.2) is 62.8 Å². The Kier molecular flexibility index (Phi) is 5.98. The number of ether oxygens (including phenoxy) is 1. The van der Waals surface area contributed by atoms with Gasteiger partial charge in [0, 0.05) is 4.57 Å². The van der Waals surface area contributed by atoms with Crippen molar-refractivity contribution in [3.8, 4) is 0 Å². The third-order valence-corrected chi connectivity index (χ3v) is 10.3. The molecule has 0 spiro atoms. The molecule has 0 bridgehead atoms. The first-order chi connectivity index (χ1) is 13.0. The maximum absolute atomic E-state index is 11.4. The summed E-state index contributed by atoms with van der Waals surface area (Å²) in [5, 5.41) is 9.67. The smallest absolute Gasteiger partial charge is 0.406 e. The van der Waals surface area contributed by atoms with Crippen molar-refractivity contribution in [1.29, 1.82) is 0 Å². The fourth-order valence-corrected chi connectivity index (χ4v) is 4.67. The van der Waals surface area contributed by atoms with Gasteiger partial charge < -0.3 is 14.3 Å². The van der Waals surface area contributed by atoms with Gasteiger partial charge in [-0.2, -0.15) is 0 Å². The fourth-order valence-electron chi connectivity index (χ4n) is 2.92. The van der Waals surface area contributed by atoms with Crippen LogP contribution >= 0.6 is 8.25 Å². The lowest BCUT2D eigenvalue weighted by atomic mass is 10.1. The number of aliphatic hydroxyl groups is 1. The molecule has 3 heterocycles. The topological polar surface area (TPSA) is 129 Å². The Bertz CT molecular complexity index is 857. The zero-order valence-electron chi connectivity index (χ0n) is 16.5. The minimum atomic E-state index is -2.91. The summed E-state index contributed by atoms with van der Waals surface area (Å²) < 4.78 is 30.9. The van der Waals surface area contributed by atoms with Crippen LogP contribution in [0.2, 0.25) is 18.1 Å². The van der Waals surface area contributed by atoms with Gasteiger partial charge in [0.15, 0.2) is 26.3 Å². The molecule has 1 aliphatic heterocycles. The lowest BCUT2D eigenvalue weighted by Gasteiger charge is -2.39. The summed E-state index contributed by atoms with van der Waals surface area (Å²) in [7, 11) is -5.22. The number of aliphatic hydroxyl groups excluding tert-OH is 1. The van der Waals surface area contributed by atoms with Crippen LogP contribution in [0.15, 0.2) is 18.9 Å². The SMILES string of the molecule is CC(C)(C)[Si](C)(C)O[C@@H]1[C@H](O[P+](=O)O)[C@@H](CO)O[C@H]1n1cnc2cncnc21. The van der Waals surface area contributed by atoms with E-state index in [1.54, 1.807) is 17.1 Å². The van der Waals surface area contributed by atoms with E-state index < -0.39 is 41.1 Å². The zero-order chi connectivity index (χ0) is 20.7. The molecule has 2 aromatic rings. The summed E-state index contributed by atoms with van der Waals surface area (Å²) in [6.07, 6.45) is 1.34. The van der Waals surface area contributed by atoms with E-state index in [4.69, 9.17) is 13.7 Å². The van der Waals surface area contributed by atoms with E-state index in [0.717, 1.165) is 0 Å². The van der Waals surface area contributed by atoms with Gasteiger partial charge in [0.1, 0.15) is 24.1 Å². The molecule has 1 saturated heterocycles. The first kappa shape index (κ1) is 21.4. The molecule has 12 heteroatoms. The van der Waals surface area contributed by atoms with Crippen molar-refractivity contribution in [3.63, 3.8) is 0 Å². The second-order valence-corrected chi connectivity index (χ2v) is 13.7. The van der Waals surface area contributed by atoms with Crippen LogP contribution < -0.4 is 0 Å². The molecule has 154 valence electrons. The van der Waals surface area contributed by atoms with E-state index in [-0.39, 0.29) is 11.6 Å². The van der Waals surface area contributed by atoms with Crippen LogP contribution in [-0.2, 0) is 18.3 Å². The first-order valence-corrected chi connectivity index (χ1v) is 13.0. The predicted molar refractivity (Wildman–Crippen MR) is 103 cm³/mol. The normalized spacial score (nSPS) is 26.8. The molecule has 2 N–H and O–H groups in total. The Morgan fingerprint density at radius 2 is 2.04 bits per heavy atom. The van der Waals surface area contributed by atoms with E-state index in [0.29, 0.717) is 11.2 Å². The van der Waals surface area contributed by atoms with Crippen molar-refractivity contribution in [2.75, 3.05) is 6.61 Å². The van der Waals surface area contributed by atoms with E-state index in [9.17, 15) is 14.6 Å². The van der Waals surface area contributed by atoms with Gasteiger partial charge in [-0.1, -0.05) is 20.8 Å². The lowest BCUT2D eigenvalue weighted by molar-refractivity contribution is -0.0487. The van der Waals surface area contributed by atoms with Crippen LogP contribution in [0.3, 0.4) is 0 Å². The predicted octanol–water partition coefficient (Wildman–Crippen LogP) is 2.14. The number of fused-ring (bicyclic) bond motifs is 1. The summed E-state index contributed by atoms with van der Waals surface area (Å²) in [6.45, 7) is 10.0. The highest BCUT2D eigenvalue weighted by atomic mass is 31.1. The van der Waals surface area contributed by atoms with Crippen molar-refractivity contribution in [2.45, 2.75) is 63.4 Å². The molecule has 0 amide bonds. The number of hydrogen-bond acceptors (Lipinski definition) is 8. The van der Waals surface area contributed by atoms with Crippen LogP contribution in [0.5, 0.6) is 0 Å². The zero-order valence-corrected chi connectivity index (χ0v) is 18.4. The maximum atomic E-state index is 11.4. The molecule has 2 aromatic heterocycles. The second kappa shape index (κ2) is 7.83. The largest absolute Gasteiger partial charge is 0.695 e. The standard InChI is InChI=1S/C16H25N4O6PSi/c1-16(2,3)28(4,5)26-13-12(25-27(22)23)11(7-21)24-15(13)20-9-19-10-6-17-8-18-14(10)20/h6,8-9,11-13,15,21H,7H2,1-5H3/p+1/t11-,12-,13-,15-/m1/s1. The molecular weight excluding hydrogens is 403 g/mol. The molecule has 0 aliphatic carbocycles. The highest BCUT2D eigenvalue weighted by molar-refractivity contribution is 7.32. The molecule has 3 rings (SSSR count). The van der Waals surface area contributed by atoms with Gasteiger partial charge >= 0.3 is 8.25 Å². The number of nitrogens with zero attached hydrogens (tertiary/aromatic N) is 4. The summed E-state index contributed by atoms with van der Waals surface area (Å²) in [6, 6.07) is 0. The van der Waals surface area contributed by atoms with E-state index in [1.807, 2.05) is 0 Å². The molecule has 0 aromatic carbocycles. The van der Waals surface area contributed by atoms with Crippen molar-refractivity contribution < 1.29 is 28.3 Å². The molecule has 10 nitrogen and oxygen atoms in total. The average molecular weight is 429 g/mol. The van der Waals surface area contributed by atoms with Crippen LogP contribution in [0.4, 0.5) is 0 Å². The van der Waals surface area contributed by atoms with Crippen LogP contribution in [0.1, 0.15) is 27.0 Å². The van der Waals surface area contributed by atoms with Gasteiger partial charge in [-0.25, -0.2) is 15.0 Å². The van der Waals surface area contributed by atoms with E-state index >= 15 is 0 Å². The van der Waals surface area contributed by atoms with Gasteiger partial charge in [-0.15, -0.1) is 9.42 Å². The Morgan fingerprint density at radius 1 is 1.32 bits per heavy atom. The van der Waals surface area contributed by atoms with Gasteiger partial charge in [-0.05, 0) is 18.1 Å². The van der Waals surface area contributed by atoms with Gasteiger partial charge in [0.2, 0.25) is 0 Å². The van der Waals surface area contributed by atoms with E-state index in [1.165, 1.54) is 6.33 Å². The fraction of sp³-hybridized carbons (Fsp3) is 0.688. The Morgan fingerprint density at radius 3 is 2.64 bits per heavy atom. The lowest BCUT2D eigenvalue weighted by Crippen LogP contribution is -2.49. The molecule has 0 radical (unpaired) electrons. The Hall–Kier alpha value is -1.33. The monoisotopic (exact) mass is 429 g/mol. The molecule has 5 atom stereocenters. The minimum absolute atomic E-state index is 0.111.